The zero-order chi connectivity index (χ0) is 24.6. The lowest BCUT2D eigenvalue weighted by molar-refractivity contribution is -0.144. The van der Waals surface area contributed by atoms with Crippen molar-refractivity contribution >= 4 is 33.9 Å². The van der Waals surface area contributed by atoms with Gasteiger partial charge in [0.05, 0.1) is 17.4 Å². The summed E-state index contributed by atoms with van der Waals surface area (Å²) in [6.07, 6.45) is 4.81. The number of carbonyl (C=O) groups excluding carboxylic acids is 2. The zero-order valence-corrected chi connectivity index (χ0v) is 20.7. The first-order chi connectivity index (χ1) is 17.0. The standard InChI is InChI=1S/C28H24BrN3O3/c1-20(21-8-4-2-5-9-21)30-26(33)19-35-27(34)17-14-23-18-32(25-10-6-3-7-11-25)31-28(23)22-12-15-24(29)16-13-22/h2-18,20H,19H2,1H3,(H,30,33). The van der Waals surface area contributed by atoms with E-state index in [2.05, 4.69) is 21.2 Å². The highest BCUT2D eigenvalue weighted by Crippen LogP contribution is 2.26. The third kappa shape index (κ3) is 6.55. The SMILES string of the molecule is CC(NC(=O)COC(=O)C=Cc1cn(-c2ccccc2)nc1-c1ccc(Br)cc1)c1ccccc1. The number of aromatic nitrogens is 2. The number of nitrogens with zero attached hydrogens (tertiary/aromatic N) is 2. The fraction of sp³-hybridized carbons (Fsp3) is 0.107. The van der Waals surface area contributed by atoms with E-state index in [0.29, 0.717) is 0 Å². The average molecular weight is 530 g/mol. The lowest BCUT2D eigenvalue weighted by Crippen LogP contribution is -2.30. The van der Waals surface area contributed by atoms with Crippen LogP contribution in [0.4, 0.5) is 0 Å². The summed E-state index contributed by atoms with van der Waals surface area (Å²) < 4.78 is 7.87. The molecule has 3 aromatic carbocycles. The molecular weight excluding hydrogens is 506 g/mol. The monoisotopic (exact) mass is 529 g/mol. The fourth-order valence-electron chi connectivity index (χ4n) is 3.51. The minimum absolute atomic E-state index is 0.185. The number of carbonyl (C=O) groups is 2. The molecule has 0 aliphatic heterocycles. The van der Waals surface area contributed by atoms with E-state index < -0.39 is 5.97 Å². The maximum Gasteiger partial charge on any atom is 0.331 e. The highest BCUT2D eigenvalue weighted by atomic mass is 79.9. The first kappa shape index (κ1) is 24.2. The molecule has 0 bridgehead atoms. The molecule has 7 heteroatoms. The highest BCUT2D eigenvalue weighted by Gasteiger charge is 2.13. The second kappa shape index (κ2) is 11.4. The van der Waals surface area contributed by atoms with Crippen LogP contribution in [-0.4, -0.2) is 28.3 Å². The summed E-state index contributed by atoms with van der Waals surface area (Å²) >= 11 is 3.45. The topological polar surface area (TPSA) is 73.2 Å². The Bertz CT molecular complexity index is 1320. The maximum absolute atomic E-state index is 12.3. The van der Waals surface area contributed by atoms with Crippen molar-refractivity contribution in [2.75, 3.05) is 6.61 Å². The lowest BCUT2D eigenvalue weighted by atomic mass is 10.1. The van der Waals surface area contributed by atoms with E-state index in [-0.39, 0.29) is 18.6 Å². The van der Waals surface area contributed by atoms with Crippen molar-refractivity contribution in [3.05, 3.63) is 113 Å². The Morgan fingerprint density at radius 2 is 1.66 bits per heavy atom. The molecule has 176 valence electrons. The molecule has 4 rings (SSSR count). The molecule has 1 aromatic heterocycles. The van der Waals surface area contributed by atoms with E-state index in [1.54, 1.807) is 10.8 Å². The number of ether oxygens (including phenoxy) is 1. The summed E-state index contributed by atoms with van der Waals surface area (Å²) in [7, 11) is 0. The van der Waals surface area contributed by atoms with Crippen LogP contribution < -0.4 is 5.32 Å². The van der Waals surface area contributed by atoms with Crippen LogP contribution in [0.1, 0.15) is 24.1 Å². The third-order valence-electron chi connectivity index (χ3n) is 5.30. The van der Waals surface area contributed by atoms with Crippen molar-refractivity contribution in [3.63, 3.8) is 0 Å². The zero-order valence-electron chi connectivity index (χ0n) is 19.1. The van der Waals surface area contributed by atoms with Crippen LogP contribution in [-0.2, 0) is 14.3 Å². The number of nitrogens with one attached hydrogen (secondary N) is 1. The molecule has 0 saturated carbocycles. The van der Waals surface area contributed by atoms with Crippen molar-refractivity contribution in [2.24, 2.45) is 0 Å². The van der Waals surface area contributed by atoms with Crippen LogP contribution in [0.25, 0.3) is 23.0 Å². The van der Waals surface area contributed by atoms with Crippen LogP contribution >= 0.6 is 15.9 Å². The quantitative estimate of drug-likeness (QED) is 0.233. The minimum atomic E-state index is -0.610. The molecular formula is C28H24BrN3O3. The molecule has 0 fully saturated rings. The highest BCUT2D eigenvalue weighted by molar-refractivity contribution is 9.10. The number of para-hydroxylation sites is 1. The van der Waals surface area contributed by atoms with E-state index >= 15 is 0 Å². The first-order valence-corrected chi connectivity index (χ1v) is 11.9. The van der Waals surface area contributed by atoms with Gasteiger partial charge in [-0.05, 0) is 42.8 Å². The van der Waals surface area contributed by atoms with Gasteiger partial charge in [-0.3, -0.25) is 4.79 Å². The van der Waals surface area contributed by atoms with Crippen LogP contribution in [0, 0.1) is 0 Å². The van der Waals surface area contributed by atoms with Gasteiger partial charge in [0.25, 0.3) is 5.91 Å². The van der Waals surface area contributed by atoms with Gasteiger partial charge in [-0.25, -0.2) is 9.48 Å². The smallest absolute Gasteiger partial charge is 0.331 e. The Morgan fingerprint density at radius 1 is 1.00 bits per heavy atom. The Kier molecular flexibility index (Phi) is 7.90. The Morgan fingerprint density at radius 3 is 2.34 bits per heavy atom. The predicted molar refractivity (Wildman–Crippen MR) is 140 cm³/mol. The van der Waals surface area contributed by atoms with E-state index in [4.69, 9.17) is 9.84 Å². The van der Waals surface area contributed by atoms with Gasteiger partial charge in [-0.2, -0.15) is 5.10 Å². The molecule has 0 aliphatic carbocycles. The molecule has 4 aromatic rings. The summed E-state index contributed by atoms with van der Waals surface area (Å²) in [5, 5.41) is 7.55. The molecule has 0 radical (unpaired) electrons. The van der Waals surface area contributed by atoms with Crippen molar-refractivity contribution in [2.45, 2.75) is 13.0 Å². The van der Waals surface area contributed by atoms with Crippen molar-refractivity contribution in [1.29, 1.82) is 0 Å². The normalized spacial score (nSPS) is 11.8. The molecule has 1 heterocycles. The Balaban J connectivity index is 1.44. The molecule has 0 spiro atoms. The molecule has 1 amide bonds. The molecule has 1 N–H and O–H groups in total. The van der Waals surface area contributed by atoms with E-state index in [1.165, 1.54) is 6.08 Å². The summed E-state index contributed by atoms with van der Waals surface area (Å²) in [6, 6.07) is 26.9. The van der Waals surface area contributed by atoms with Crippen molar-refractivity contribution < 1.29 is 14.3 Å². The summed E-state index contributed by atoms with van der Waals surface area (Å²) in [5.41, 5.74) is 4.25. The average Bonchev–Trinajstić information content (AvgIpc) is 3.32. The minimum Gasteiger partial charge on any atom is -0.452 e. The van der Waals surface area contributed by atoms with E-state index in [0.717, 1.165) is 32.5 Å². The van der Waals surface area contributed by atoms with Gasteiger partial charge in [0.2, 0.25) is 0 Å². The summed E-state index contributed by atoms with van der Waals surface area (Å²) in [6.45, 7) is 1.52. The number of rotatable bonds is 8. The van der Waals surface area contributed by atoms with Gasteiger partial charge in [0.1, 0.15) is 0 Å². The second-order valence-electron chi connectivity index (χ2n) is 7.86. The molecule has 35 heavy (non-hydrogen) atoms. The van der Waals surface area contributed by atoms with Crippen LogP contribution in [0.15, 0.2) is 102 Å². The number of esters is 1. The van der Waals surface area contributed by atoms with Crippen LogP contribution in [0.2, 0.25) is 0 Å². The van der Waals surface area contributed by atoms with Gasteiger partial charge in [0.15, 0.2) is 6.61 Å². The number of hydrogen-bond donors (Lipinski definition) is 1. The number of halogens is 1. The van der Waals surface area contributed by atoms with Gasteiger partial charge < -0.3 is 10.1 Å². The molecule has 1 atom stereocenters. The fourth-order valence-corrected chi connectivity index (χ4v) is 3.77. The van der Waals surface area contributed by atoms with Gasteiger partial charge in [0, 0.05) is 27.9 Å². The second-order valence-corrected chi connectivity index (χ2v) is 8.78. The largest absolute Gasteiger partial charge is 0.452 e. The van der Waals surface area contributed by atoms with Gasteiger partial charge in [-0.15, -0.1) is 0 Å². The van der Waals surface area contributed by atoms with Gasteiger partial charge >= 0.3 is 5.97 Å². The maximum atomic E-state index is 12.3. The number of benzene rings is 3. The Hall–Kier alpha value is -3.97. The third-order valence-corrected chi connectivity index (χ3v) is 5.83. The number of hydrogen-bond acceptors (Lipinski definition) is 4. The lowest BCUT2D eigenvalue weighted by Gasteiger charge is -2.13. The first-order valence-electron chi connectivity index (χ1n) is 11.1. The molecule has 0 aliphatic rings. The predicted octanol–water partition coefficient (Wildman–Crippen LogP) is 5.74. The van der Waals surface area contributed by atoms with Gasteiger partial charge in [-0.1, -0.05) is 76.6 Å². The summed E-state index contributed by atoms with van der Waals surface area (Å²) in [5.74, 6) is -0.975. The molecule has 6 nitrogen and oxygen atoms in total. The molecule has 1 unspecified atom stereocenters. The Labute approximate surface area is 212 Å². The number of amides is 1. The van der Waals surface area contributed by atoms with Crippen LogP contribution in [0.5, 0.6) is 0 Å². The summed E-state index contributed by atoms with van der Waals surface area (Å²) in [4.78, 5) is 24.5. The molecule has 0 saturated heterocycles. The van der Waals surface area contributed by atoms with Crippen LogP contribution in [0.3, 0.4) is 0 Å². The van der Waals surface area contributed by atoms with E-state index in [1.807, 2.05) is 98.0 Å². The van der Waals surface area contributed by atoms with E-state index in [9.17, 15) is 9.59 Å². The van der Waals surface area contributed by atoms with Crippen molar-refractivity contribution in [1.82, 2.24) is 15.1 Å². The van der Waals surface area contributed by atoms with Crippen molar-refractivity contribution in [3.8, 4) is 16.9 Å².